The third-order valence-electron chi connectivity index (χ3n) is 2.84. The molecule has 94 valence electrons. The predicted molar refractivity (Wildman–Crippen MR) is 68.1 cm³/mol. The van der Waals surface area contributed by atoms with Crippen LogP contribution in [0, 0.1) is 13.8 Å². The van der Waals surface area contributed by atoms with E-state index in [1.165, 1.54) is 0 Å². The molecule has 0 atom stereocenters. The van der Waals surface area contributed by atoms with Crippen molar-refractivity contribution in [3.05, 3.63) is 41.5 Å². The number of imidazole rings is 1. The van der Waals surface area contributed by atoms with Gasteiger partial charge in [-0.15, -0.1) is 0 Å². The zero-order valence-electron chi connectivity index (χ0n) is 10.6. The Bertz CT molecular complexity index is 585. The van der Waals surface area contributed by atoms with Gasteiger partial charge in [0.15, 0.2) is 0 Å². The average molecular weight is 245 g/mol. The van der Waals surface area contributed by atoms with Gasteiger partial charge in [0.25, 0.3) is 5.91 Å². The van der Waals surface area contributed by atoms with Gasteiger partial charge in [0, 0.05) is 5.69 Å². The number of rotatable bonds is 3. The summed E-state index contributed by atoms with van der Waals surface area (Å²) in [5.74, 6) is 0.999. The SMILES string of the molecule is COc1ccc(-n2c(C)nc(C(N)=O)c2C)cc1. The first-order chi connectivity index (χ1) is 8.54. The van der Waals surface area contributed by atoms with Crippen molar-refractivity contribution in [2.45, 2.75) is 13.8 Å². The number of amides is 1. The van der Waals surface area contributed by atoms with Crippen LogP contribution < -0.4 is 10.5 Å². The second-order valence-corrected chi connectivity index (χ2v) is 3.99. The maximum Gasteiger partial charge on any atom is 0.269 e. The summed E-state index contributed by atoms with van der Waals surface area (Å²) in [5.41, 5.74) is 7.26. The molecular weight excluding hydrogens is 230 g/mol. The molecule has 0 radical (unpaired) electrons. The van der Waals surface area contributed by atoms with Crippen LogP contribution in [0.5, 0.6) is 5.75 Å². The Labute approximate surface area is 105 Å². The largest absolute Gasteiger partial charge is 0.497 e. The lowest BCUT2D eigenvalue weighted by molar-refractivity contribution is 0.0995. The summed E-state index contributed by atoms with van der Waals surface area (Å²) in [6.45, 7) is 3.66. The fraction of sp³-hybridized carbons (Fsp3) is 0.231. The summed E-state index contributed by atoms with van der Waals surface area (Å²) in [4.78, 5) is 15.4. The lowest BCUT2D eigenvalue weighted by Crippen LogP contribution is -2.13. The van der Waals surface area contributed by atoms with Crippen LogP contribution in [0.15, 0.2) is 24.3 Å². The molecule has 18 heavy (non-hydrogen) atoms. The molecule has 0 saturated heterocycles. The van der Waals surface area contributed by atoms with Crippen LogP contribution in [0.4, 0.5) is 0 Å². The van der Waals surface area contributed by atoms with E-state index >= 15 is 0 Å². The second-order valence-electron chi connectivity index (χ2n) is 3.99. The number of primary amides is 1. The molecule has 5 heteroatoms. The zero-order chi connectivity index (χ0) is 13.3. The van der Waals surface area contributed by atoms with Crippen molar-refractivity contribution in [1.29, 1.82) is 0 Å². The molecule has 0 fully saturated rings. The second kappa shape index (κ2) is 4.52. The highest BCUT2D eigenvalue weighted by molar-refractivity contribution is 5.92. The van der Waals surface area contributed by atoms with Crippen molar-refractivity contribution in [3.63, 3.8) is 0 Å². The van der Waals surface area contributed by atoms with Crippen LogP contribution in [0.25, 0.3) is 5.69 Å². The van der Waals surface area contributed by atoms with E-state index in [2.05, 4.69) is 4.98 Å². The van der Waals surface area contributed by atoms with E-state index < -0.39 is 5.91 Å². The lowest BCUT2D eigenvalue weighted by Gasteiger charge is -2.08. The van der Waals surface area contributed by atoms with Crippen molar-refractivity contribution in [1.82, 2.24) is 9.55 Å². The van der Waals surface area contributed by atoms with Crippen LogP contribution in [-0.4, -0.2) is 22.6 Å². The molecule has 0 aliphatic carbocycles. The van der Waals surface area contributed by atoms with E-state index in [4.69, 9.17) is 10.5 Å². The fourth-order valence-corrected chi connectivity index (χ4v) is 1.99. The van der Waals surface area contributed by atoms with E-state index in [0.717, 1.165) is 23.0 Å². The molecule has 2 rings (SSSR count). The number of nitrogens with two attached hydrogens (primary N) is 1. The molecule has 2 aromatic rings. The normalized spacial score (nSPS) is 10.4. The number of benzene rings is 1. The van der Waals surface area contributed by atoms with Gasteiger partial charge in [-0.3, -0.25) is 4.79 Å². The van der Waals surface area contributed by atoms with E-state index in [1.54, 1.807) is 7.11 Å². The minimum absolute atomic E-state index is 0.309. The number of aryl methyl sites for hydroxylation is 1. The van der Waals surface area contributed by atoms with Crippen molar-refractivity contribution >= 4 is 5.91 Å². The van der Waals surface area contributed by atoms with Gasteiger partial charge in [0.2, 0.25) is 0 Å². The molecule has 1 amide bonds. The van der Waals surface area contributed by atoms with E-state index in [-0.39, 0.29) is 0 Å². The molecule has 0 saturated carbocycles. The molecule has 2 N–H and O–H groups in total. The molecule has 0 spiro atoms. The predicted octanol–water partition coefficient (Wildman–Crippen LogP) is 1.60. The number of hydrogen-bond donors (Lipinski definition) is 1. The van der Waals surface area contributed by atoms with Gasteiger partial charge < -0.3 is 15.0 Å². The van der Waals surface area contributed by atoms with Gasteiger partial charge in [-0.1, -0.05) is 0 Å². The van der Waals surface area contributed by atoms with Gasteiger partial charge in [-0.05, 0) is 38.1 Å². The number of hydrogen-bond acceptors (Lipinski definition) is 3. The molecule has 0 aliphatic rings. The highest BCUT2D eigenvalue weighted by atomic mass is 16.5. The standard InChI is InChI=1S/C13H15N3O2/c1-8-12(13(14)17)15-9(2)16(8)10-4-6-11(18-3)7-5-10/h4-7H,1-3H3,(H2,14,17). The summed E-state index contributed by atoms with van der Waals surface area (Å²) in [6, 6.07) is 7.53. The Balaban J connectivity index is 2.53. The number of aromatic nitrogens is 2. The fourth-order valence-electron chi connectivity index (χ4n) is 1.99. The summed E-state index contributed by atoms with van der Waals surface area (Å²) >= 11 is 0. The molecule has 5 nitrogen and oxygen atoms in total. The lowest BCUT2D eigenvalue weighted by atomic mass is 10.2. The Morgan fingerprint density at radius 2 is 1.89 bits per heavy atom. The molecular formula is C13H15N3O2. The maximum atomic E-state index is 11.2. The molecule has 0 unspecified atom stereocenters. The minimum atomic E-state index is -0.511. The van der Waals surface area contributed by atoms with Crippen LogP contribution in [0.3, 0.4) is 0 Å². The van der Waals surface area contributed by atoms with Gasteiger partial charge in [-0.2, -0.15) is 0 Å². The first-order valence-corrected chi connectivity index (χ1v) is 5.54. The van der Waals surface area contributed by atoms with Crippen LogP contribution in [0.2, 0.25) is 0 Å². The third-order valence-corrected chi connectivity index (χ3v) is 2.84. The van der Waals surface area contributed by atoms with Crippen LogP contribution >= 0.6 is 0 Å². The van der Waals surface area contributed by atoms with Crippen molar-refractivity contribution in [2.75, 3.05) is 7.11 Å². The molecule has 0 bridgehead atoms. The highest BCUT2D eigenvalue weighted by Crippen LogP contribution is 2.20. The number of carbonyl (C=O) groups excluding carboxylic acids is 1. The molecule has 1 aromatic carbocycles. The first kappa shape index (κ1) is 12.2. The number of nitrogens with zero attached hydrogens (tertiary/aromatic N) is 2. The minimum Gasteiger partial charge on any atom is -0.497 e. The smallest absolute Gasteiger partial charge is 0.269 e. The van der Waals surface area contributed by atoms with E-state index in [9.17, 15) is 4.79 Å². The molecule has 1 aromatic heterocycles. The van der Waals surface area contributed by atoms with Crippen molar-refractivity contribution < 1.29 is 9.53 Å². The van der Waals surface area contributed by atoms with Gasteiger partial charge >= 0.3 is 0 Å². The van der Waals surface area contributed by atoms with Gasteiger partial charge in [0.1, 0.15) is 17.3 Å². The summed E-state index contributed by atoms with van der Waals surface area (Å²) < 4.78 is 7.00. The average Bonchev–Trinajstić information content (AvgIpc) is 2.65. The van der Waals surface area contributed by atoms with Gasteiger partial charge in [0.05, 0.1) is 12.8 Å². The zero-order valence-corrected chi connectivity index (χ0v) is 10.6. The Kier molecular flexibility index (Phi) is 3.06. The quantitative estimate of drug-likeness (QED) is 0.892. The number of ether oxygens (including phenoxy) is 1. The topological polar surface area (TPSA) is 70.1 Å². The monoisotopic (exact) mass is 245 g/mol. The Morgan fingerprint density at radius 3 is 2.33 bits per heavy atom. The third kappa shape index (κ3) is 1.95. The summed E-state index contributed by atoms with van der Waals surface area (Å²) in [6.07, 6.45) is 0. The number of methoxy groups -OCH3 is 1. The van der Waals surface area contributed by atoms with Crippen molar-refractivity contribution in [2.24, 2.45) is 5.73 Å². The highest BCUT2D eigenvalue weighted by Gasteiger charge is 2.15. The van der Waals surface area contributed by atoms with Crippen LogP contribution in [-0.2, 0) is 0 Å². The molecule has 0 aliphatic heterocycles. The van der Waals surface area contributed by atoms with Gasteiger partial charge in [-0.25, -0.2) is 4.98 Å². The van der Waals surface area contributed by atoms with Crippen LogP contribution in [0.1, 0.15) is 22.0 Å². The first-order valence-electron chi connectivity index (χ1n) is 5.54. The Morgan fingerprint density at radius 1 is 1.28 bits per heavy atom. The summed E-state index contributed by atoms with van der Waals surface area (Å²) in [7, 11) is 1.62. The Hall–Kier alpha value is -2.30. The number of carbonyl (C=O) groups is 1. The molecule has 1 heterocycles. The van der Waals surface area contributed by atoms with E-state index in [0.29, 0.717) is 5.69 Å². The van der Waals surface area contributed by atoms with Crippen molar-refractivity contribution in [3.8, 4) is 11.4 Å². The van der Waals surface area contributed by atoms with E-state index in [1.807, 2.05) is 42.7 Å². The summed E-state index contributed by atoms with van der Waals surface area (Å²) in [5, 5.41) is 0. The maximum absolute atomic E-state index is 11.2.